The highest BCUT2D eigenvalue weighted by Crippen LogP contribution is 2.20. The van der Waals surface area contributed by atoms with Gasteiger partial charge >= 0.3 is 0 Å². The Hall–Kier alpha value is -0.610. The Labute approximate surface area is 454 Å². The molecule has 0 spiro atoms. The van der Waals surface area contributed by atoms with Crippen molar-refractivity contribution in [2.45, 2.75) is 424 Å². The first kappa shape index (κ1) is 71.4. The number of unbranched alkanes of at least 4 members (excludes halogenated alkanes) is 58. The van der Waals surface area contributed by atoms with Crippen molar-refractivity contribution in [3.63, 3.8) is 0 Å². The molecule has 4 heteroatoms. The Kier molecular flexibility index (Phi) is 64.1. The molecule has 0 aromatic rings. The summed E-state index contributed by atoms with van der Waals surface area (Å²) in [6.45, 7) is 4.42. The largest absolute Gasteiger partial charge is 0.394 e. The van der Waals surface area contributed by atoms with Crippen LogP contribution in [0.25, 0.3) is 0 Å². The van der Waals surface area contributed by atoms with Crippen molar-refractivity contribution in [3.05, 3.63) is 0 Å². The van der Waals surface area contributed by atoms with Gasteiger partial charge in [0.05, 0.1) is 18.8 Å². The molecule has 0 saturated carbocycles. The van der Waals surface area contributed by atoms with E-state index in [1.807, 2.05) is 0 Å². The van der Waals surface area contributed by atoms with Gasteiger partial charge in [-0.1, -0.05) is 393 Å². The fourth-order valence-corrected chi connectivity index (χ4v) is 11.4. The normalized spacial score (nSPS) is 12.6. The number of carbonyl (C=O) groups is 1. The molecule has 0 rings (SSSR count). The molecule has 2 atom stereocenters. The highest BCUT2D eigenvalue weighted by Gasteiger charge is 2.20. The van der Waals surface area contributed by atoms with E-state index in [0.717, 1.165) is 25.7 Å². The van der Waals surface area contributed by atoms with Gasteiger partial charge in [-0.25, -0.2) is 0 Å². The van der Waals surface area contributed by atoms with Crippen LogP contribution < -0.4 is 5.32 Å². The maximum Gasteiger partial charge on any atom is 0.220 e. The molecule has 432 valence electrons. The zero-order chi connectivity index (χ0) is 52.0. The molecule has 4 nitrogen and oxygen atoms in total. The van der Waals surface area contributed by atoms with Gasteiger partial charge < -0.3 is 15.5 Å². The zero-order valence-corrected chi connectivity index (χ0v) is 50.0. The predicted octanol–water partition coefficient (Wildman–Crippen LogP) is 23.1. The van der Waals surface area contributed by atoms with Crippen molar-refractivity contribution in [1.82, 2.24) is 5.32 Å². The van der Waals surface area contributed by atoms with Crippen LogP contribution in [0.15, 0.2) is 0 Å². The second-order valence-corrected chi connectivity index (χ2v) is 24.0. The third kappa shape index (κ3) is 60.3. The van der Waals surface area contributed by atoms with E-state index < -0.39 is 12.1 Å². The number of nitrogens with one attached hydrogen (secondary N) is 1. The highest BCUT2D eigenvalue weighted by molar-refractivity contribution is 5.76. The molecule has 0 aliphatic heterocycles. The van der Waals surface area contributed by atoms with E-state index in [2.05, 4.69) is 19.2 Å². The van der Waals surface area contributed by atoms with E-state index >= 15 is 0 Å². The Morgan fingerprint density at radius 1 is 0.278 bits per heavy atom. The minimum atomic E-state index is -0.656. The molecule has 2 unspecified atom stereocenters. The summed E-state index contributed by atoms with van der Waals surface area (Å²) in [7, 11) is 0. The van der Waals surface area contributed by atoms with E-state index in [-0.39, 0.29) is 12.5 Å². The van der Waals surface area contributed by atoms with Crippen LogP contribution in [-0.2, 0) is 4.79 Å². The number of amides is 1. The van der Waals surface area contributed by atoms with Gasteiger partial charge in [0.2, 0.25) is 5.91 Å². The average Bonchev–Trinajstić information content (AvgIpc) is 3.39. The van der Waals surface area contributed by atoms with Gasteiger partial charge in [0.15, 0.2) is 0 Å². The standard InChI is InChI=1S/C68H137NO3/c1-3-5-7-9-11-13-15-17-19-21-23-25-27-29-31-33-34-36-37-39-41-43-45-47-49-51-53-55-57-59-61-63-67(71)66(65-70)69-68(72)64-62-60-58-56-54-52-50-48-46-44-42-40-38-35-32-30-28-26-24-22-20-18-16-14-12-10-8-6-4-2/h66-67,70-71H,3-65H2,1-2H3,(H,69,72). The monoisotopic (exact) mass is 1020 g/mol. The van der Waals surface area contributed by atoms with Crippen molar-refractivity contribution in [2.24, 2.45) is 0 Å². The fourth-order valence-electron chi connectivity index (χ4n) is 11.4. The second-order valence-electron chi connectivity index (χ2n) is 24.0. The van der Waals surface area contributed by atoms with Crippen LogP contribution in [0.4, 0.5) is 0 Å². The van der Waals surface area contributed by atoms with Gasteiger partial charge in [0, 0.05) is 6.42 Å². The van der Waals surface area contributed by atoms with Crippen molar-refractivity contribution in [3.8, 4) is 0 Å². The zero-order valence-electron chi connectivity index (χ0n) is 50.0. The molecule has 0 bridgehead atoms. The Bertz CT molecular complexity index is 971. The third-order valence-electron chi connectivity index (χ3n) is 16.6. The van der Waals surface area contributed by atoms with Crippen molar-refractivity contribution in [1.29, 1.82) is 0 Å². The summed E-state index contributed by atoms with van der Waals surface area (Å²) in [6, 6.07) is -0.533. The molecule has 72 heavy (non-hydrogen) atoms. The number of carbonyl (C=O) groups excluding carboxylic acids is 1. The first-order chi connectivity index (χ1) is 35.7. The van der Waals surface area contributed by atoms with E-state index in [1.165, 1.54) is 360 Å². The van der Waals surface area contributed by atoms with Gasteiger partial charge in [0.25, 0.3) is 0 Å². The van der Waals surface area contributed by atoms with Crippen LogP contribution in [0, 0.1) is 0 Å². The second kappa shape index (κ2) is 64.7. The lowest BCUT2D eigenvalue weighted by Gasteiger charge is -2.22. The van der Waals surface area contributed by atoms with Gasteiger partial charge in [-0.05, 0) is 12.8 Å². The predicted molar refractivity (Wildman–Crippen MR) is 323 cm³/mol. The van der Waals surface area contributed by atoms with Crippen LogP contribution in [0.5, 0.6) is 0 Å². The maximum atomic E-state index is 12.6. The van der Waals surface area contributed by atoms with Gasteiger partial charge in [0.1, 0.15) is 0 Å². The lowest BCUT2D eigenvalue weighted by Crippen LogP contribution is -2.45. The van der Waals surface area contributed by atoms with Crippen LogP contribution in [0.1, 0.15) is 412 Å². The number of hydrogen-bond donors (Lipinski definition) is 3. The summed E-state index contributed by atoms with van der Waals surface area (Å²) in [5.74, 6) is -0.0194. The maximum absolute atomic E-state index is 12.6. The number of aliphatic hydroxyl groups excluding tert-OH is 2. The summed E-state index contributed by atoms with van der Waals surface area (Å²) >= 11 is 0. The van der Waals surface area contributed by atoms with Crippen LogP contribution in [0.3, 0.4) is 0 Å². The molecule has 0 aliphatic carbocycles. The smallest absolute Gasteiger partial charge is 0.220 e. The van der Waals surface area contributed by atoms with Crippen LogP contribution in [0.2, 0.25) is 0 Å². The lowest BCUT2D eigenvalue weighted by atomic mass is 10.0. The molecule has 0 fully saturated rings. The third-order valence-corrected chi connectivity index (χ3v) is 16.6. The minimum Gasteiger partial charge on any atom is -0.394 e. The number of hydrogen-bond acceptors (Lipinski definition) is 3. The van der Waals surface area contributed by atoms with E-state index in [4.69, 9.17) is 0 Å². The SMILES string of the molecule is CCCCCCCCCCCCCCCCCCCCCCCCCCCCCCCCCC(O)C(CO)NC(=O)CCCCCCCCCCCCCCCCCCCCCCCCCCCCCCC. The highest BCUT2D eigenvalue weighted by atomic mass is 16.3. The summed E-state index contributed by atoms with van der Waals surface area (Å²) < 4.78 is 0. The number of rotatable bonds is 65. The summed E-state index contributed by atoms with van der Waals surface area (Å²) in [5, 5.41) is 23.5. The van der Waals surface area contributed by atoms with Crippen LogP contribution in [-0.4, -0.2) is 34.9 Å². The molecule has 0 saturated heterocycles. The summed E-state index contributed by atoms with van der Waals surface area (Å²) in [6.07, 6.45) is 84.4. The van der Waals surface area contributed by atoms with Gasteiger partial charge in [-0.15, -0.1) is 0 Å². The van der Waals surface area contributed by atoms with Crippen molar-refractivity contribution >= 4 is 5.91 Å². The van der Waals surface area contributed by atoms with Crippen molar-refractivity contribution < 1.29 is 15.0 Å². The molecule has 0 aliphatic rings. The molecular weight excluding hydrogens is 879 g/mol. The molecule has 0 radical (unpaired) electrons. The summed E-state index contributed by atoms with van der Waals surface area (Å²) in [5.41, 5.74) is 0. The van der Waals surface area contributed by atoms with E-state index in [0.29, 0.717) is 12.8 Å². The average molecular weight is 1020 g/mol. The Balaban J connectivity index is 3.36. The van der Waals surface area contributed by atoms with Crippen molar-refractivity contribution in [2.75, 3.05) is 6.61 Å². The number of aliphatic hydroxyl groups is 2. The van der Waals surface area contributed by atoms with Gasteiger partial charge in [-0.2, -0.15) is 0 Å². The quantitative estimate of drug-likeness (QED) is 0.0532. The first-order valence-electron chi connectivity index (χ1n) is 34.2. The molecule has 0 aromatic heterocycles. The molecular formula is C68H137NO3. The Morgan fingerprint density at radius 2 is 0.444 bits per heavy atom. The minimum absolute atomic E-state index is 0.0194. The molecule has 1 amide bonds. The molecule has 3 N–H and O–H groups in total. The summed E-state index contributed by atoms with van der Waals surface area (Å²) in [4.78, 5) is 12.6. The Morgan fingerprint density at radius 3 is 0.625 bits per heavy atom. The molecule has 0 heterocycles. The first-order valence-corrected chi connectivity index (χ1v) is 34.2. The lowest BCUT2D eigenvalue weighted by molar-refractivity contribution is -0.123. The van der Waals surface area contributed by atoms with E-state index in [1.54, 1.807) is 0 Å². The fraction of sp³-hybridized carbons (Fsp3) is 0.985. The van der Waals surface area contributed by atoms with Gasteiger partial charge in [-0.3, -0.25) is 4.79 Å². The topological polar surface area (TPSA) is 69.6 Å². The van der Waals surface area contributed by atoms with E-state index in [9.17, 15) is 15.0 Å². The van der Waals surface area contributed by atoms with Crippen LogP contribution >= 0.6 is 0 Å². The molecule has 0 aromatic carbocycles.